The van der Waals surface area contributed by atoms with E-state index in [4.69, 9.17) is 0 Å². The van der Waals surface area contributed by atoms with Crippen molar-refractivity contribution >= 4 is 11.9 Å². The Kier molecular flexibility index (Phi) is 5.95. The van der Waals surface area contributed by atoms with Crippen LogP contribution < -0.4 is 0 Å². The number of rotatable bonds is 6. The molecular weight excluding hydrogens is 364 g/mol. The Morgan fingerprint density at radius 3 is 2.10 bits per heavy atom. The first-order valence-corrected chi connectivity index (χ1v) is 10.3. The van der Waals surface area contributed by atoms with Gasteiger partial charge in [0, 0.05) is 39.1 Å². The Morgan fingerprint density at radius 2 is 1.48 bits per heavy atom. The van der Waals surface area contributed by atoms with E-state index in [1.54, 1.807) is 0 Å². The van der Waals surface area contributed by atoms with Crippen LogP contribution in [0.3, 0.4) is 0 Å². The molecule has 2 atom stereocenters. The summed E-state index contributed by atoms with van der Waals surface area (Å²) in [5.41, 5.74) is 3.82. The summed E-state index contributed by atoms with van der Waals surface area (Å²) in [6.45, 7) is 4.65. The van der Waals surface area contributed by atoms with E-state index >= 15 is 0 Å². The Hall–Kier alpha value is -2.66. The molecule has 0 spiro atoms. The first-order chi connectivity index (χ1) is 14.1. The molecular formula is C24H28N2O3. The zero-order valence-electron chi connectivity index (χ0n) is 16.9. The van der Waals surface area contributed by atoms with Crippen molar-refractivity contribution in [2.24, 2.45) is 11.8 Å². The largest absolute Gasteiger partial charge is 0.469 e. The molecule has 0 bridgehead atoms. The van der Waals surface area contributed by atoms with Crippen LogP contribution in [0.25, 0.3) is 11.1 Å². The van der Waals surface area contributed by atoms with Gasteiger partial charge in [0.2, 0.25) is 5.91 Å². The second-order valence-corrected chi connectivity index (χ2v) is 8.15. The average molecular weight is 392 g/mol. The SMILES string of the molecule is COC(=O)CCC(=O)N1C[C@H]2CN(Cc3ccc(-c4ccccc4)cc3)C[C@@H]2C1. The van der Waals surface area contributed by atoms with Gasteiger partial charge in [0.05, 0.1) is 13.5 Å². The fraction of sp³-hybridized carbons (Fsp3) is 0.417. The number of hydrogen-bond donors (Lipinski definition) is 0. The molecule has 2 aliphatic rings. The van der Waals surface area contributed by atoms with Gasteiger partial charge in [-0.05, 0) is 28.5 Å². The molecule has 2 aromatic rings. The molecule has 2 saturated heterocycles. The molecule has 4 rings (SSSR count). The number of nitrogens with zero attached hydrogens (tertiary/aromatic N) is 2. The third kappa shape index (κ3) is 4.67. The van der Waals surface area contributed by atoms with Crippen LogP contribution in [0.15, 0.2) is 54.6 Å². The van der Waals surface area contributed by atoms with Crippen molar-refractivity contribution < 1.29 is 14.3 Å². The van der Waals surface area contributed by atoms with Crippen LogP contribution in [0.4, 0.5) is 0 Å². The van der Waals surface area contributed by atoms with Crippen molar-refractivity contribution in [1.29, 1.82) is 0 Å². The quantitative estimate of drug-likeness (QED) is 0.709. The van der Waals surface area contributed by atoms with Crippen LogP contribution >= 0.6 is 0 Å². The maximum atomic E-state index is 12.3. The summed E-state index contributed by atoms with van der Waals surface area (Å²) >= 11 is 0. The van der Waals surface area contributed by atoms with E-state index in [0.29, 0.717) is 11.8 Å². The molecule has 2 fully saturated rings. The molecule has 152 valence electrons. The molecule has 29 heavy (non-hydrogen) atoms. The number of carbonyl (C=O) groups is 2. The maximum Gasteiger partial charge on any atom is 0.306 e. The summed E-state index contributed by atoms with van der Waals surface area (Å²) in [6.07, 6.45) is 0.426. The van der Waals surface area contributed by atoms with E-state index in [1.807, 2.05) is 11.0 Å². The Bertz CT molecular complexity index is 836. The molecule has 0 saturated carbocycles. The summed E-state index contributed by atoms with van der Waals surface area (Å²) in [6, 6.07) is 19.3. The molecule has 1 amide bonds. The highest BCUT2D eigenvalue weighted by Gasteiger charge is 2.41. The van der Waals surface area contributed by atoms with Crippen LogP contribution in [0.5, 0.6) is 0 Å². The van der Waals surface area contributed by atoms with E-state index in [0.717, 1.165) is 32.7 Å². The van der Waals surface area contributed by atoms with E-state index < -0.39 is 0 Å². The van der Waals surface area contributed by atoms with Crippen molar-refractivity contribution in [2.45, 2.75) is 19.4 Å². The smallest absolute Gasteiger partial charge is 0.306 e. The van der Waals surface area contributed by atoms with Gasteiger partial charge in [0.25, 0.3) is 0 Å². The van der Waals surface area contributed by atoms with Gasteiger partial charge in [-0.3, -0.25) is 14.5 Å². The van der Waals surface area contributed by atoms with E-state index in [1.165, 1.54) is 23.8 Å². The van der Waals surface area contributed by atoms with E-state index in [2.05, 4.69) is 58.2 Å². The number of carbonyl (C=O) groups excluding carboxylic acids is 2. The summed E-state index contributed by atoms with van der Waals surface area (Å²) in [5.74, 6) is 0.844. The van der Waals surface area contributed by atoms with E-state index in [9.17, 15) is 9.59 Å². The fourth-order valence-electron chi connectivity index (χ4n) is 4.58. The van der Waals surface area contributed by atoms with Crippen molar-refractivity contribution in [2.75, 3.05) is 33.3 Å². The lowest BCUT2D eigenvalue weighted by molar-refractivity contribution is -0.143. The van der Waals surface area contributed by atoms with Crippen molar-refractivity contribution in [3.05, 3.63) is 60.2 Å². The number of fused-ring (bicyclic) bond motifs is 1. The van der Waals surface area contributed by atoms with Gasteiger partial charge >= 0.3 is 5.97 Å². The Labute approximate surface area is 172 Å². The Morgan fingerprint density at radius 1 is 0.862 bits per heavy atom. The third-order valence-electron chi connectivity index (χ3n) is 6.15. The Balaban J connectivity index is 1.27. The van der Waals surface area contributed by atoms with Gasteiger partial charge in [-0.15, -0.1) is 0 Å². The van der Waals surface area contributed by atoms with Gasteiger partial charge in [0.15, 0.2) is 0 Å². The highest BCUT2D eigenvalue weighted by Crippen LogP contribution is 2.32. The van der Waals surface area contributed by atoms with Crippen molar-refractivity contribution in [1.82, 2.24) is 9.80 Å². The molecule has 5 nitrogen and oxygen atoms in total. The first kappa shape index (κ1) is 19.6. The predicted octanol–water partition coefficient (Wildman–Crippen LogP) is 3.20. The average Bonchev–Trinajstić information content (AvgIpc) is 3.31. The molecule has 0 N–H and O–H groups in total. The zero-order chi connectivity index (χ0) is 20.2. The summed E-state index contributed by atoms with van der Waals surface area (Å²) in [5, 5.41) is 0. The summed E-state index contributed by atoms with van der Waals surface area (Å²) in [7, 11) is 1.36. The minimum atomic E-state index is -0.317. The van der Waals surface area contributed by atoms with Gasteiger partial charge in [-0.25, -0.2) is 0 Å². The van der Waals surface area contributed by atoms with Gasteiger partial charge in [-0.1, -0.05) is 54.6 Å². The minimum absolute atomic E-state index is 0.0767. The third-order valence-corrected chi connectivity index (χ3v) is 6.15. The van der Waals surface area contributed by atoms with Crippen LogP contribution in [0, 0.1) is 11.8 Å². The first-order valence-electron chi connectivity index (χ1n) is 10.3. The molecule has 5 heteroatoms. The maximum absolute atomic E-state index is 12.3. The van der Waals surface area contributed by atoms with Crippen LogP contribution in [0.1, 0.15) is 18.4 Å². The standard InChI is InChI=1S/C24H28N2O3/c1-29-24(28)12-11-23(27)26-16-21-14-25(15-22(21)17-26)13-18-7-9-20(10-8-18)19-5-3-2-4-6-19/h2-10,21-22H,11-17H2,1H3/t21-,22-/m1/s1. The van der Waals surface area contributed by atoms with Crippen LogP contribution in [-0.2, 0) is 20.9 Å². The fourth-order valence-corrected chi connectivity index (χ4v) is 4.58. The molecule has 2 aliphatic heterocycles. The number of ether oxygens (including phenoxy) is 1. The van der Waals surface area contributed by atoms with Gasteiger partial charge in [-0.2, -0.15) is 0 Å². The molecule has 0 aromatic heterocycles. The molecule has 2 aromatic carbocycles. The summed E-state index contributed by atoms with van der Waals surface area (Å²) < 4.78 is 4.62. The zero-order valence-corrected chi connectivity index (χ0v) is 16.9. The lowest BCUT2D eigenvalue weighted by Crippen LogP contribution is -2.33. The summed E-state index contributed by atoms with van der Waals surface area (Å²) in [4.78, 5) is 28.0. The van der Waals surface area contributed by atoms with E-state index in [-0.39, 0.29) is 24.7 Å². The number of esters is 1. The topological polar surface area (TPSA) is 49.9 Å². The minimum Gasteiger partial charge on any atom is -0.469 e. The van der Waals surface area contributed by atoms with Gasteiger partial charge in [0.1, 0.15) is 0 Å². The lowest BCUT2D eigenvalue weighted by atomic mass is 10.0. The number of likely N-dealkylation sites (tertiary alicyclic amines) is 2. The number of methoxy groups -OCH3 is 1. The lowest BCUT2D eigenvalue weighted by Gasteiger charge is -2.21. The molecule has 0 radical (unpaired) electrons. The molecule has 2 heterocycles. The monoisotopic (exact) mass is 392 g/mol. The highest BCUT2D eigenvalue weighted by molar-refractivity contribution is 5.81. The van der Waals surface area contributed by atoms with Crippen molar-refractivity contribution in [3.63, 3.8) is 0 Å². The number of hydrogen-bond acceptors (Lipinski definition) is 4. The second kappa shape index (κ2) is 8.78. The normalized spacial score (nSPS) is 21.2. The predicted molar refractivity (Wildman–Crippen MR) is 112 cm³/mol. The van der Waals surface area contributed by atoms with Crippen LogP contribution in [-0.4, -0.2) is 55.0 Å². The molecule has 0 unspecified atom stereocenters. The second-order valence-electron chi connectivity index (χ2n) is 8.15. The number of amides is 1. The van der Waals surface area contributed by atoms with Gasteiger partial charge < -0.3 is 9.64 Å². The molecule has 0 aliphatic carbocycles. The van der Waals surface area contributed by atoms with Crippen LogP contribution in [0.2, 0.25) is 0 Å². The number of benzene rings is 2. The highest BCUT2D eigenvalue weighted by atomic mass is 16.5. The van der Waals surface area contributed by atoms with Crippen molar-refractivity contribution in [3.8, 4) is 11.1 Å².